The molecule has 22 nitrogen and oxygen atoms in total. The molecule has 1 aromatic heterocycles. The van der Waals surface area contributed by atoms with Crippen LogP contribution in [0, 0.1) is 0 Å². The van der Waals surface area contributed by atoms with Crippen LogP contribution in [0.15, 0.2) is 100 Å². The number of aromatic amines is 1. The Kier molecular flexibility index (Phi) is 27.7. The molecular weight excluding hydrogens is 1000 g/mol. The number of nitrogens with zero attached hydrogens (tertiary/aromatic N) is 4. The van der Waals surface area contributed by atoms with E-state index in [1.807, 2.05) is 0 Å². The third kappa shape index (κ3) is 15.8. The molecule has 1 aliphatic heterocycles. The first-order valence-electron chi connectivity index (χ1n) is 14.1. The van der Waals surface area contributed by atoms with E-state index in [4.69, 9.17) is 0 Å². The molecule has 3 aromatic rings. The van der Waals surface area contributed by atoms with Gasteiger partial charge in [0, 0.05) is 20.0 Å². The Labute approximate surface area is 549 Å². The summed E-state index contributed by atoms with van der Waals surface area (Å²) in [7, 11) is -19.2. The summed E-state index contributed by atoms with van der Waals surface area (Å²) < 4.78 is 142. The SMILES string of the molecule is CN=C([O-])c1[nH]n(-c2cc(S(=O)(=O)[O-])ccc2S(=O)(=O)[O-])c(=O)c1/C=C/C(C)=C/C=C1/C(=O)N(c2cc(S(=O)(=O)[O-])ccc2S(=O)(=O)[O-])N=C1C(=O)NC.[K+].[K+].[K+].[K+].[K+]. The standard InChI is InChI=1S/C28H26N6O16S4.5K/c1-14(4-8-17-23(25(35)29-2)31-33(27(17)37)19-12-15(51(39,40)41)6-10-21(19)53(45,46)47)5-9-18-24(26(36)30-3)32-34(28(18)38)20-13-16(52(42,43)44)7-11-22(20)54(48,49)50;;;;;/h4-13,31H,1-3H3,(H,29,35)(H,30,36)(H,39,40,41)(H,42,43,44)(H,45,46,47)(H,48,49,50);;;;;/q;5*+1/p-5/b8-4+,14-5+,18-9+;;;;;. The van der Waals surface area contributed by atoms with Gasteiger partial charge >= 0.3 is 257 Å². The molecule has 0 aliphatic carbocycles. The van der Waals surface area contributed by atoms with Crippen molar-refractivity contribution in [1.82, 2.24) is 15.1 Å². The van der Waals surface area contributed by atoms with Crippen molar-refractivity contribution in [2.45, 2.75) is 26.5 Å². The maximum Gasteiger partial charge on any atom is 1.00 e. The summed E-state index contributed by atoms with van der Waals surface area (Å²) >= 11 is 0. The molecule has 288 valence electrons. The first kappa shape index (κ1) is 63.7. The molecule has 0 spiro atoms. The largest absolute Gasteiger partial charge is 1.00 e. The van der Waals surface area contributed by atoms with Crippen LogP contribution in [-0.4, -0.2) is 99.2 Å². The molecule has 4 rings (SSSR count). The quantitative estimate of drug-likeness (QED) is 0.0450. The van der Waals surface area contributed by atoms with E-state index in [0.717, 1.165) is 38.4 Å². The molecule has 0 fully saturated rings. The molecule has 0 unspecified atom stereocenters. The monoisotopic (exact) mass is 1020 g/mol. The number of hydrazone groups is 1. The average molecular weight is 1020 g/mol. The number of H-pyrrole nitrogens is 1. The van der Waals surface area contributed by atoms with Gasteiger partial charge in [-0.15, -0.1) is 0 Å². The normalized spacial score (nSPS) is 14.4. The van der Waals surface area contributed by atoms with Crippen LogP contribution in [0.4, 0.5) is 5.69 Å². The van der Waals surface area contributed by atoms with Crippen molar-refractivity contribution in [3.05, 3.63) is 87.4 Å². The third-order valence-electron chi connectivity index (χ3n) is 7.14. The van der Waals surface area contributed by atoms with E-state index >= 15 is 0 Å². The Morgan fingerprint density at radius 1 is 0.797 bits per heavy atom. The maximum atomic E-state index is 13.5. The Bertz CT molecular complexity index is 2820. The summed E-state index contributed by atoms with van der Waals surface area (Å²) in [5.41, 5.74) is -5.38. The van der Waals surface area contributed by atoms with Crippen molar-refractivity contribution in [1.29, 1.82) is 0 Å². The molecule has 1 aliphatic rings. The third-order valence-corrected chi connectivity index (χ3v) is 10.6. The number of amides is 2. The average Bonchev–Trinajstić information content (AvgIpc) is 3.58. The van der Waals surface area contributed by atoms with E-state index < -0.39 is 117 Å². The van der Waals surface area contributed by atoms with Crippen LogP contribution in [-0.2, 0) is 50.1 Å². The van der Waals surface area contributed by atoms with Crippen LogP contribution in [0.5, 0.6) is 0 Å². The van der Waals surface area contributed by atoms with E-state index in [9.17, 15) is 71.4 Å². The first-order valence-corrected chi connectivity index (χ1v) is 19.8. The Hall–Kier alpha value is 2.57. The van der Waals surface area contributed by atoms with Gasteiger partial charge in [-0.3, -0.25) is 19.5 Å². The van der Waals surface area contributed by atoms with Gasteiger partial charge in [-0.1, -0.05) is 17.7 Å². The number of nitrogens with one attached hydrogen (secondary N) is 2. The summed E-state index contributed by atoms with van der Waals surface area (Å²) in [6.45, 7) is 1.35. The van der Waals surface area contributed by atoms with Gasteiger partial charge in [-0.2, -0.15) is 10.1 Å². The molecule has 0 bridgehead atoms. The zero-order chi connectivity index (χ0) is 40.7. The van der Waals surface area contributed by atoms with Gasteiger partial charge in [0.25, 0.3) is 17.4 Å². The Balaban J connectivity index is 0. The fourth-order valence-electron chi connectivity index (χ4n) is 4.62. The Morgan fingerprint density at radius 2 is 1.27 bits per heavy atom. The minimum absolute atomic E-state index is 0. The topological polar surface area (TPSA) is 364 Å². The van der Waals surface area contributed by atoms with Crippen LogP contribution in [0.1, 0.15) is 18.2 Å². The van der Waals surface area contributed by atoms with Crippen LogP contribution in [0.2, 0.25) is 0 Å². The van der Waals surface area contributed by atoms with Gasteiger partial charge in [0.15, 0.2) is 5.71 Å². The number of carbonyl (C=O) groups is 2. The van der Waals surface area contributed by atoms with Crippen LogP contribution >= 0.6 is 0 Å². The number of hydrogen-bond donors (Lipinski definition) is 2. The van der Waals surface area contributed by atoms with Crippen molar-refractivity contribution < 1.29 is 324 Å². The second kappa shape index (κ2) is 25.6. The van der Waals surface area contributed by atoms with Crippen molar-refractivity contribution in [3.63, 3.8) is 0 Å². The second-order valence-electron chi connectivity index (χ2n) is 10.6. The molecule has 0 saturated carbocycles. The minimum Gasteiger partial charge on any atom is -0.857 e. The van der Waals surface area contributed by atoms with Crippen LogP contribution < -0.4 is 278 Å². The molecule has 2 aromatic carbocycles. The summed E-state index contributed by atoms with van der Waals surface area (Å²) in [4.78, 5) is 38.6. The van der Waals surface area contributed by atoms with Crippen molar-refractivity contribution >= 4 is 75.7 Å². The first-order chi connectivity index (χ1) is 24.8. The fraction of sp³-hybridized carbons (Fsp3) is 0.107. The molecule has 2 heterocycles. The van der Waals surface area contributed by atoms with Crippen molar-refractivity contribution in [3.8, 4) is 5.69 Å². The van der Waals surface area contributed by atoms with Crippen LogP contribution in [0.25, 0.3) is 11.8 Å². The minimum atomic E-state index is -5.42. The van der Waals surface area contributed by atoms with Gasteiger partial charge in [0.2, 0.25) is 0 Å². The van der Waals surface area contributed by atoms with Gasteiger partial charge in [-0.05, 0) is 55.5 Å². The summed E-state index contributed by atoms with van der Waals surface area (Å²) in [6, 6.07) is 2.80. The molecule has 2 amide bonds. The number of aliphatic imine (C=N–C) groups is 1. The molecule has 0 radical (unpaired) electrons. The predicted molar refractivity (Wildman–Crippen MR) is 177 cm³/mol. The van der Waals surface area contributed by atoms with E-state index in [-0.39, 0.29) is 268 Å². The van der Waals surface area contributed by atoms with Gasteiger partial charge < -0.3 is 33.6 Å². The molecule has 2 N–H and O–H groups in total. The van der Waals surface area contributed by atoms with Crippen molar-refractivity contribution in [2.75, 3.05) is 19.1 Å². The zero-order valence-corrected chi connectivity index (χ0v) is 51.1. The number of allylic oxidation sites excluding steroid dienone is 4. The predicted octanol–water partition coefficient (Wildman–Crippen LogP) is -17.4. The fourth-order valence-corrected chi connectivity index (χ4v) is 6.88. The van der Waals surface area contributed by atoms with E-state index in [1.54, 1.807) is 0 Å². The molecule has 31 heteroatoms. The van der Waals surface area contributed by atoms with Gasteiger partial charge in [0.1, 0.15) is 40.5 Å². The summed E-state index contributed by atoms with van der Waals surface area (Å²) in [5, 5.41) is 21.0. The number of benzene rings is 2. The molecule has 0 atom stereocenters. The van der Waals surface area contributed by atoms with Gasteiger partial charge in [-0.25, -0.2) is 38.4 Å². The zero-order valence-electron chi connectivity index (χ0n) is 32.2. The number of aromatic nitrogens is 2. The summed E-state index contributed by atoms with van der Waals surface area (Å²) in [5.74, 6) is -3.39. The number of carbonyl (C=O) groups excluding carboxylic acids is 2. The van der Waals surface area contributed by atoms with Crippen molar-refractivity contribution in [2.24, 2.45) is 10.1 Å². The van der Waals surface area contributed by atoms with E-state index in [1.165, 1.54) is 6.92 Å². The van der Waals surface area contributed by atoms with Gasteiger partial charge in [0.05, 0.1) is 47.8 Å². The molecular formula is C28H21K5N6O16S4. The smallest absolute Gasteiger partial charge is 0.857 e. The number of rotatable bonds is 11. The van der Waals surface area contributed by atoms with Crippen LogP contribution in [0.3, 0.4) is 0 Å². The second-order valence-corrected chi connectivity index (χ2v) is 16.1. The van der Waals surface area contributed by atoms with E-state index in [0.29, 0.717) is 41.1 Å². The molecule has 59 heavy (non-hydrogen) atoms. The Morgan fingerprint density at radius 3 is 1.71 bits per heavy atom. The molecule has 0 saturated heterocycles. The van der Waals surface area contributed by atoms with E-state index in [2.05, 4.69) is 20.5 Å². The maximum absolute atomic E-state index is 13.5. The number of anilines is 1. The number of hydrogen-bond acceptors (Lipinski definition) is 18. The summed E-state index contributed by atoms with van der Waals surface area (Å²) in [6.07, 6.45) is 4.23.